The Morgan fingerprint density at radius 1 is 1.15 bits per heavy atom. The highest BCUT2D eigenvalue weighted by atomic mass is 35.5. The molecule has 0 spiro atoms. The smallest absolute Gasteiger partial charge is 0.235 e. The van der Waals surface area contributed by atoms with Crippen molar-refractivity contribution in [1.29, 1.82) is 0 Å². The van der Waals surface area contributed by atoms with Crippen molar-refractivity contribution in [3.8, 4) is 0 Å². The number of aromatic nitrogens is 1. The quantitative estimate of drug-likeness (QED) is 0.559. The molecule has 33 heavy (non-hydrogen) atoms. The van der Waals surface area contributed by atoms with Gasteiger partial charge < -0.3 is 4.74 Å². The lowest BCUT2D eigenvalue weighted by Gasteiger charge is -2.56. The second-order valence-corrected chi connectivity index (χ2v) is 11.6. The van der Waals surface area contributed by atoms with Crippen LogP contribution in [0.3, 0.4) is 0 Å². The number of carbonyl (C=O) groups is 1. The molecule has 1 amide bonds. The molecule has 2 heterocycles. The van der Waals surface area contributed by atoms with Crippen LogP contribution in [0.2, 0.25) is 0 Å². The molecule has 1 aromatic carbocycles. The van der Waals surface area contributed by atoms with Gasteiger partial charge in [-0.2, -0.15) is 0 Å². The number of hydrogen-bond acceptors (Lipinski definition) is 5. The Morgan fingerprint density at radius 2 is 1.82 bits per heavy atom. The lowest BCUT2D eigenvalue weighted by Crippen LogP contribution is -2.55. The number of amides is 1. The Labute approximate surface area is 205 Å². The van der Waals surface area contributed by atoms with E-state index in [1.807, 2.05) is 11.0 Å². The fourth-order valence-electron chi connectivity index (χ4n) is 7.24. The second-order valence-electron chi connectivity index (χ2n) is 10.5. The van der Waals surface area contributed by atoms with E-state index in [0.717, 1.165) is 63.2 Å². The maximum atomic E-state index is 14.4. The Hall–Kier alpha value is -1.28. The molecular weight excluding hydrogens is 461 g/mol. The predicted molar refractivity (Wildman–Crippen MR) is 132 cm³/mol. The summed E-state index contributed by atoms with van der Waals surface area (Å²) in [7, 11) is 0. The van der Waals surface area contributed by atoms with Crippen molar-refractivity contribution < 1.29 is 13.9 Å². The van der Waals surface area contributed by atoms with Crippen LogP contribution in [0.1, 0.15) is 44.9 Å². The number of morpholine rings is 1. The number of nitrogens with zero attached hydrogens (tertiary/aromatic N) is 3. The maximum Gasteiger partial charge on any atom is 0.235 e. The Kier molecular flexibility index (Phi) is 6.68. The molecule has 5 fully saturated rings. The first-order valence-corrected chi connectivity index (χ1v) is 13.1. The summed E-state index contributed by atoms with van der Waals surface area (Å²) in [6.07, 6.45) is 7.96. The second kappa shape index (κ2) is 9.40. The van der Waals surface area contributed by atoms with E-state index in [9.17, 15) is 9.18 Å². The molecule has 7 rings (SSSR count). The van der Waals surface area contributed by atoms with Crippen molar-refractivity contribution in [3.05, 3.63) is 24.0 Å². The van der Waals surface area contributed by atoms with Crippen molar-refractivity contribution in [2.24, 2.45) is 23.2 Å². The number of halogens is 2. The zero-order valence-electron chi connectivity index (χ0n) is 19.0. The van der Waals surface area contributed by atoms with Crippen LogP contribution in [0.15, 0.2) is 18.2 Å². The number of benzene rings is 1. The van der Waals surface area contributed by atoms with Crippen LogP contribution in [-0.2, 0) is 9.53 Å². The number of carbonyl (C=O) groups excluding carboxylic acids is 1. The molecule has 0 unspecified atom stereocenters. The Bertz CT molecular complexity index is 973. The number of ether oxygens (including phenoxy) is 1. The van der Waals surface area contributed by atoms with Crippen molar-refractivity contribution in [2.75, 3.05) is 44.3 Å². The van der Waals surface area contributed by atoms with Gasteiger partial charge in [0.2, 0.25) is 5.91 Å². The SMILES string of the molecule is Cl.O=C(N(CCCN1CCOCC1)c1nc2c(F)cccc2s1)C12CC3CC(CC(C3)C1)C2. The van der Waals surface area contributed by atoms with E-state index < -0.39 is 0 Å². The van der Waals surface area contributed by atoms with Crippen LogP contribution in [0.25, 0.3) is 10.2 Å². The molecule has 4 aliphatic carbocycles. The van der Waals surface area contributed by atoms with E-state index in [0.29, 0.717) is 34.9 Å². The molecule has 5 aliphatic rings. The summed E-state index contributed by atoms with van der Waals surface area (Å²) < 4.78 is 20.7. The Balaban J connectivity index is 0.00000228. The molecule has 180 valence electrons. The predicted octanol–water partition coefficient (Wildman–Crippen LogP) is 5.13. The molecular formula is C25H33ClFN3O2S. The number of anilines is 1. The van der Waals surface area contributed by atoms with Gasteiger partial charge in [-0.15, -0.1) is 12.4 Å². The molecule has 8 heteroatoms. The van der Waals surface area contributed by atoms with E-state index in [1.165, 1.54) is 36.7 Å². The molecule has 4 saturated carbocycles. The highest BCUT2D eigenvalue weighted by Crippen LogP contribution is 2.60. The van der Waals surface area contributed by atoms with Crippen LogP contribution in [-0.4, -0.2) is 55.2 Å². The number of para-hydroxylation sites is 1. The average molecular weight is 494 g/mol. The van der Waals surface area contributed by atoms with Crippen molar-refractivity contribution in [1.82, 2.24) is 9.88 Å². The van der Waals surface area contributed by atoms with Gasteiger partial charge >= 0.3 is 0 Å². The van der Waals surface area contributed by atoms with Gasteiger partial charge in [0.15, 0.2) is 5.13 Å². The van der Waals surface area contributed by atoms with Gasteiger partial charge in [0.05, 0.1) is 23.3 Å². The standard InChI is InChI=1S/C25H32FN3O2S.ClH/c26-20-3-1-4-21-22(20)27-24(32-21)29(6-2-5-28-7-9-31-10-8-28)23(30)25-14-17-11-18(15-25)13-19(12-17)16-25;/h1,3-4,17-19H,2,5-16H2;1H. The number of thiazole rings is 1. The van der Waals surface area contributed by atoms with E-state index in [4.69, 9.17) is 4.74 Å². The third kappa shape index (κ3) is 4.42. The summed E-state index contributed by atoms with van der Waals surface area (Å²) in [6.45, 7) is 5.08. The monoisotopic (exact) mass is 493 g/mol. The Morgan fingerprint density at radius 3 is 2.45 bits per heavy atom. The number of rotatable bonds is 6. The van der Waals surface area contributed by atoms with Gasteiger partial charge in [-0.3, -0.25) is 14.6 Å². The summed E-state index contributed by atoms with van der Waals surface area (Å²) in [6, 6.07) is 5.08. The number of fused-ring (bicyclic) bond motifs is 1. The lowest BCUT2D eigenvalue weighted by atomic mass is 9.49. The largest absolute Gasteiger partial charge is 0.379 e. The van der Waals surface area contributed by atoms with Gasteiger partial charge in [0.25, 0.3) is 0 Å². The van der Waals surface area contributed by atoms with Crippen LogP contribution >= 0.6 is 23.7 Å². The van der Waals surface area contributed by atoms with Gasteiger partial charge in [0.1, 0.15) is 11.3 Å². The summed E-state index contributed by atoms with van der Waals surface area (Å²) in [4.78, 5) is 23.2. The fraction of sp³-hybridized carbons (Fsp3) is 0.680. The van der Waals surface area contributed by atoms with Crippen molar-refractivity contribution >= 4 is 45.0 Å². The van der Waals surface area contributed by atoms with Gasteiger partial charge in [-0.25, -0.2) is 9.37 Å². The zero-order valence-corrected chi connectivity index (χ0v) is 20.6. The lowest BCUT2D eigenvalue weighted by molar-refractivity contribution is -0.143. The average Bonchev–Trinajstić information content (AvgIpc) is 3.21. The minimum atomic E-state index is -0.305. The molecule has 4 bridgehead atoms. The molecule has 1 aliphatic heterocycles. The normalized spacial score (nSPS) is 31.0. The van der Waals surface area contributed by atoms with Crippen LogP contribution in [0, 0.1) is 29.0 Å². The molecule has 1 aromatic heterocycles. The molecule has 1 saturated heterocycles. The molecule has 5 nitrogen and oxygen atoms in total. The van der Waals surface area contributed by atoms with Crippen LogP contribution in [0.4, 0.5) is 9.52 Å². The highest BCUT2D eigenvalue weighted by Gasteiger charge is 2.56. The first kappa shape index (κ1) is 23.5. The van der Waals surface area contributed by atoms with E-state index in [2.05, 4.69) is 9.88 Å². The zero-order chi connectivity index (χ0) is 21.7. The first-order valence-electron chi connectivity index (χ1n) is 12.3. The van der Waals surface area contributed by atoms with Gasteiger partial charge in [-0.1, -0.05) is 17.4 Å². The minimum Gasteiger partial charge on any atom is -0.379 e. The summed E-state index contributed by atoms with van der Waals surface area (Å²) in [5.74, 6) is 2.10. The third-order valence-corrected chi connectivity index (χ3v) is 9.33. The summed E-state index contributed by atoms with van der Waals surface area (Å²) in [5, 5.41) is 0.674. The van der Waals surface area contributed by atoms with Gasteiger partial charge in [-0.05, 0) is 74.8 Å². The van der Waals surface area contributed by atoms with E-state index in [-0.39, 0.29) is 29.5 Å². The molecule has 0 atom stereocenters. The van der Waals surface area contributed by atoms with E-state index in [1.54, 1.807) is 6.07 Å². The summed E-state index contributed by atoms with van der Waals surface area (Å²) in [5.41, 5.74) is 0.174. The van der Waals surface area contributed by atoms with Crippen LogP contribution < -0.4 is 4.90 Å². The molecule has 0 N–H and O–H groups in total. The third-order valence-electron chi connectivity index (χ3n) is 8.29. The maximum absolute atomic E-state index is 14.4. The highest BCUT2D eigenvalue weighted by molar-refractivity contribution is 7.22. The molecule has 0 radical (unpaired) electrons. The summed E-state index contributed by atoms with van der Waals surface area (Å²) >= 11 is 1.46. The van der Waals surface area contributed by atoms with Crippen molar-refractivity contribution in [3.63, 3.8) is 0 Å². The number of hydrogen-bond donors (Lipinski definition) is 0. The van der Waals surface area contributed by atoms with Gasteiger partial charge in [0, 0.05) is 26.2 Å². The fourth-order valence-corrected chi connectivity index (χ4v) is 8.24. The topological polar surface area (TPSA) is 45.7 Å². The van der Waals surface area contributed by atoms with E-state index >= 15 is 0 Å². The van der Waals surface area contributed by atoms with Crippen molar-refractivity contribution in [2.45, 2.75) is 44.9 Å². The first-order chi connectivity index (χ1) is 15.6. The minimum absolute atomic E-state index is 0. The molecule has 2 aromatic rings. The van der Waals surface area contributed by atoms with Crippen LogP contribution in [0.5, 0.6) is 0 Å².